The largest absolute Gasteiger partial charge is 0.376 e. The molecule has 0 bridgehead atoms. The average Bonchev–Trinajstić information content (AvgIpc) is 3.18. The monoisotopic (exact) mass is 293 g/mol. The van der Waals surface area contributed by atoms with E-state index in [-0.39, 0.29) is 11.9 Å². The summed E-state index contributed by atoms with van der Waals surface area (Å²) in [4.78, 5) is 19.4. The van der Waals surface area contributed by atoms with Gasteiger partial charge in [-0.1, -0.05) is 0 Å². The van der Waals surface area contributed by atoms with E-state index in [1.54, 1.807) is 11.7 Å². The third kappa shape index (κ3) is 1.98. The number of nitrogens with one attached hydrogen (secondary N) is 1. The second kappa shape index (κ2) is 5.09. The fraction of sp³-hybridized carbons (Fsp3) is 0.714. The van der Waals surface area contributed by atoms with Crippen molar-refractivity contribution >= 4 is 17.2 Å². The number of carbonyl (C=O) groups is 1. The molecular formula is C14H19N3O2S. The minimum Gasteiger partial charge on any atom is -0.376 e. The molecule has 2 aliphatic heterocycles. The summed E-state index contributed by atoms with van der Waals surface area (Å²) in [7, 11) is 0. The standard InChI is InChI=1S/C14H19N3O2S/c18-14(10-7-15-8-20-10)16-11-9-3-6-19-13(9)12(11)17-4-1-2-5-17/h7-9,11-13H,1-6H2,(H,16,18)/t9-,11+,12-,13-/m1/s1. The van der Waals surface area contributed by atoms with Crippen molar-refractivity contribution in [2.45, 2.75) is 37.5 Å². The predicted octanol–water partition coefficient (Wildman–Crippen LogP) is 1.12. The summed E-state index contributed by atoms with van der Waals surface area (Å²) >= 11 is 1.40. The van der Waals surface area contributed by atoms with Crippen LogP contribution >= 0.6 is 11.3 Å². The van der Waals surface area contributed by atoms with Crippen LogP contribution in [0.2, 0.25) is 0 Å². The Bertz CT molecular complexity index is 482. The first-order chi connectivity index (χ1) is 9.84. The lowest BCUT2D eigenvalue weighted by Gasteiger charge is -2.51. The zero-order valence-corrected chi connectivity index (χ0v) is 12.1. The van der Waals surface area contributed by atoms with E-state index < -0.39 is 0 Å². The van der Waals surface area contributed by atoms with Gasteiger partial charge in [0.25, 0.3) is 5.91 Å². The van der Waals surface area contributed by atoms with Crippen LogP contribution in [0.25, 0.3) is 0 Å². The van der Waals surface area contributed by atoms with Crippen LogP contribution in [-0.2, 0) is 4.74 Å². The van der Waals surface area contributed by atoms with Gasteiger partial charge in [-0.25, -0.2) is 0 Å². The molecule has 20 heavy (non-hydrogen) atoms. The Balaban J connectivity index is 1.48. The maximum Gasteiger partial charge on any atom is 0.263 e. The van der Waals surface area contributed by atoms with E-state index in [1.807, 2.05) is 0 Å². The molecule has 0 spiro atoms. The summed E-state index contributed by atoms with van der Waals surface area (Å²) in [5.74, 6) is 0.518. The molecule has 1 aromatic heterocycles. The van der Waals surface area contributed by atoms with Crippen molar-refractivity contribution in [3.05, 3.63) is 16.6 Å². The number of nitrogens with zero attached hydrogens (tertiary/aromatic N) is 2. The van der Waals surface area contributed by atoms with Crippen LogP contribution in [0.5, 0.6) is 0 Å². The molecule has 108 valence electrons. The lowest BCUT2D eigenvalue weighted by molar-refractivity contribution is -0.0747. The Labute approximate surface area is 122 Å². The van der Waals surface area contributed by atoms with Crippen molar-refractivity contribution in [1.82, 2.24) is 15.2 Å². The molecule has 4 rings (SSSR count). The highest BCUT2D eigenvalue weighted by Crippen LogP contribution is 2.42. The van der Waals surface area contributed by atoms with Gasteiger partial charge in [0.05, 0.1) is 29.9 Å². The van der Waals surface area contributed by atoms with Gasteiger partial charge in [-0.05, 0) is 32.4 Å². The van der Waals surface area contributed by atoms with Crippen LogP contribution in [0.1, 0.15) is 28.9 Å². The third-order valence-electron chi connectivity index (χ3n) is 4.87. The number of aromatic nitrogens is 1. The summed E-state index contributed by atoms with van der Waals surface area (Å²) < 4.78 is 5.88. The SMILES string of the molecule is O=C(N[C@H]1[C@H]2CCO[C@H]2[C@@H]1N1CCCC1)c1cncs1. The quantitative estimate of drug-likeness (QED) is 0.907. The van der Waals surface area contributed by atoms with E-state index in [0.29, 0.717) is 22.9 Å². The van der Waals surface area contributed by atoms with Gasteiger partial charge < -0.3 is 10.1 Å². The minimum atomic E-state index is 0.0204. The number of hydrogen-bond donors (Lipinski definition) is 1. The molecule has 4 atom stereocenters. The molecule has 1 aliphatic carbocycles. The molecule has 0 aromatic carbocycles. The number of amides is 1. The van der Waals surface area contributed by atoms with Crippen LogP contribution < -0.4 is 5.32 Å². The van der Waals surface area contributed by atoms with Crippen molar-refractivity contribution < 1.29 is 9.53 Å². The van der Waals surface area contributed by atoms with E-state index in [4.69, 9.17) is 4.74 Å². The van der Waals surface area contributed by atoms with Crippen LogP contribution in [0.3, 0.4) is 0 Å². The molecule has 6 heteroatoms. The number of ether oxygens (including phenoxy) is 1. The highest BCUT2D eigenvalue weighted by Gasteiger charge is 2.56. The molecule has 3 aliphatic rings. The van der Waals surface area contributed by atoms with Gasteiger partial charge >= 0.3 is 0 Å². The van der Waals surface area contributed by atoms with Crippen LogP contribution in [0.4, 0.5) is 0 Å². The van der Waals surface area contributed by atoms with E-state index in [1.165, 1.54) is 24.2 Å². The Hall–Kier alpha value is -0.980. The summed E-state index contributed by atoms with van der Waals surface area (Å²) in [5.41, 5.74) is 1.70. The maximum atomic E-state index is 12.3. The first-order valence-electron chi connectivity index (χ1n) is 7.39. The summed E-state index contributed by atoms with van der Waals surface area (Å²) in [5, 5.41) is 3.23. The minimum absolute atomic E-state index is 0.0204. The molecule has 0 unspecified atom stereocenters. The molecule has 5 nitrogen and oxygen atoms in total. The normalized spacial score (nSPS) is 36.6. The highest BCUT2D eigenvalue weighted by molar-refractivity contribution is 7.11. The summed E-state index contributed by atoms with van der Waals surface area (Å²) in [6, 6.07) is 0.622. The van der Waals surface area contributed by atoms with Crippen molar-refractivity contribution in [2.75, 3.05) is 19.7 Å². The first kappa shape index (κ1) is 12.7. The molecule has 1 N–H and O–H groups in total. The molecular weight excluding hydrogens is 274 g/mol. The fourth-order valence-electron chi connectivity index (χ4n) is 3.89. The topological polar surface area (TPSA) is 54.5 Å². The van der Waals surface area contributed by atoms with E-state index in [0.717, 1.165) is 26.1 Å². The number of fused-ring (bicyclic) bond motifs is 1. The molecule has 1 amide bonds. The van der Waals surface area contributed by atoms with Gasteiger partial charge in [-0.15, -0.1) is 11.3 Å². The average molecular weight is 293 g/mol. The second-order valence-electron chi connectivity index (χ2n) is 5.89. The molecule has 3 heterocycles. The Morgan fingerprint density at radius 1 is 1.45 bits per heavy atom. The maximum absolute atomic E-state index is 12.3. The lowest BCUT2D eigenvalue weighted by atomic mass is 9.70. The fourth-order valence-corrected chi connectivity index (χ4v) is 4.42. The molecule has 3 fully saturated rings. The van der Waals surface area contributed by atoms with Gasteiger partial charge in [-0.2, -0.15) is 0 Å². The smallest absolute Gasteiger partial charge is 0.263 e. The van der Waals surface area contributed by atoms with Crippen LogP contribution in [-0.4, -0.2) is 53.7 Å². The van der Waals surface area contributed by atoms with Crippen LogP contribution in [0, 0.1) is 5.92 Å². The number of thiazole rings is 1. The number of rotatable bonds is 3. The van der Waals surface area contributed by atoms with Crippen LogP contribution in [0.15, 0.2) is 11.7 Å². The number of hydrogen-bond acceptors (Lipinski definition) is 5. The Kier molecular flexibility index (Phi) is 3.24. The number of carbonyl (C=O) groups excluding carboxylic acids is 1. The van der Waals surface area contributed by atoms with Gasteiger partial charge in [0.15, 0.2) is 0 Å². The third-order valence-corrected chi connectivity index (χ3v) is 5.64. The van der Waals surface area contributed by atoms with Crippen molar-refractivity contribution in [3.63, 3.8) is 0 Å². The Morgan fingerprint density at radius 2 is 2.30 bits per heavy atom. The van der Waals surface area contributed by atoms with Gasteiger partial charge in [0.2, 0.25) is 0 Å². The molecule has 1 saturated carbocycles. The van der Waals surface area contributed by atoms with E-state index in [9.17, 15) is 4.79 Å². The van der Waals surface area contributed by atoms with Crippen molar-refractivity contribution in [1.29, 1.82) is 0 Å². The van der Waals surface area contributed by atoms with Crippen molar-refractivity contribution in [3.8, 4) is 0 Å². The first-order valence-corrected chi connectivity index (χ1v) is 8.27. The molecule has 1 aromatic rings. The van der Waals surface area contributed by atoms with Gasteiger partial charge in [0, 0.05) is 12.5 Å². The van der Waals surface area contributed by atoms with Gasteiger partial charge in [0.1, 0.15) is 4.88 Å². The van der Waals surface area contributed by atoms with Crippen molar-refractivity contribution in [2.24, 2.45) is 5.92 Å². The predicted molar refractivity (Wildman–Crippen MR) is 75.8 cm³/mol. The molecule has 0 radical (unpaired) electrons. The lowest BCUT2D eigenvalue weighted by Crippen LogP contribution is -2.70. The van der Waals surface area contributed by atoms with E-state index >= 15 is 0 Å². The second-order valence-corrected chi connectivity index (χ2v) is 6.77. The molecule has 2 saturated heterocycles. The zero-order chi connectivity index (χ0) is 13.5. The zero-order valence-electron chi connectivity index (χ0n) is 11.3. The van der Waals surface area contributed by atoms with Gasteiger partial charge in [-0.3, -0.25) is 14.7 Å². The Morgan fingerprint density at radius 3 is 3.05 bits per heavy atom. The number of likely N-dealkylation sites (tertiary alicyclic amines) is 1. The van der Waals surface area contributed by atoms with E-state index in [2.05, 4.69) is 15.2 Å². The highest BCUT2D eigenvalue weighted by atomic mass is 32.1. The summed E-state index contributed by atoms with van der Waals surface area (Å²) in [6.45, 7) is 3.13. The summed E-state index contributed by atoms with van der Waals surface area (Å²) in [6.07, 6.45) is 5.58.